The molecule has 0 fully saturated rings. The van der Waals surface area contributed by atoms with Crippen LogP contribution in [0, 0.1) is 6.92 Å². The molecule has 0 aliphatic heterocycles. The second kappa shape index (κ2) is 4.86. The van der Waals surface area contributed by atoms with Crippen LogP contribution in [-0.2, 0) is 13.1 Å². The molecule has 3 nitrogen and oxygen atoms in total. The van der Waals surface area contributed by atoms with E-state index in [0.717, 1.165) is 16.9 Å². The smallest absolute Gasteiger partial charge is 0.120 e. The highest BCUT2D eigenvalue weighted by Crippen LogP contribution is 2.15. The van der Waals surface area contributed by atoms with Gasteiger partial charge in [0.1, 0.15) is 11.5 Å². The molecule has 0 radical (unpaired) electrons. The van der Waals surface area contributed by atoms with Gasteiger partial charge in [-0.15, -0.1) is 0 Å². The van der Waals surface area contributed by atoms with Crippen molar-refractivity contribution in [2.75, 3.05) is 0 Å². The maximum Gasteiger partial charge on any atom is 0.120 e. The van der Waals surface area contributed by atoms with E-state index in [-0.39, 0.29) is 0 Å². The van der Waals surface area contributed by atoms with Gasteiger partial charge in [-0.1, -0.05) is 18.2 Å². The Morgan fingerprint density at radius 3 is 2.69 bits per heavy atom. The van der Waals surface area contributed by atoms with Gasteiger partial charge in [-0.3, -0.25) is 0 Å². The first kappa shape index (κ1) is 10.8. The fraction of sp³-hybridized carbons (Fsp3) is 0.231. The van der Waals surface area contributed by atoms with E-state index in [0.29, 0.717) is 18.8 Å². The van der Waals surface area contributed by atoms with Gasteiger partial charge in [0.25, 0.3) is 0 Å². The van der Waals surface area contributed by atoms with Crippen molar-refractivity contribution >= 4 is 0 Å². The average molecular weight is 217 g/mol. The van der Waals surface area contributed by atoms with Gasteiger partial charge in [0.05, 0.1) is 12.8 Å². The SMILES string of the molecule is Cc1ccoc1CNCc1ccccc1O. The summed E-state index contributed by atoms with van der Waals surface area (Å²) in [4.78, 5) is 0. The Labute approximate surface area is 94.7 Å². The number of rotatable bonds is 4. The van der Waals surface area contributed by atoms with Gasteiger partial charge >= 0.3 is 0 Å². The summed E-state index contributed by atoms with van der Waals surface area (Å²) in [6.45, 7) is 3.32. The first-order valence-electron chi connectivity index (χ1n) is 5.28. The van der Waals surface area contributed by atoms with Gasteiger partial charge in [0.2, 0.25) is 0 Å². The summed E-state index contributed by atoms with van der Waals surface area (Å²) < 4.78 is 5.31. The van der Waals surface area contributed by atoms with Crippen molar-refractivity contribution in [3.05, 3.63) is 53.5 Å². The molecule has 0 saturated carbocycles. The van der Waals surface area contributed by atoms with Crippen LogP contribution in [0.4, 0.5) is 0 Å². The third kappa shape index (κ3) is 2.44. The topological polar surface area (TPSA) is 45.4 Å². The standard InChI is InChI=1S/C13H15NO2/c1-10-6-7-16-13(10)9-14-8-11-4-2-3-5-12(11)15/h2-7,14-15H,8-9H2,1H3. The van der Waals surface area contributed by atoms with E-state index in [1.54, 1.807) is 12.3 Å². The number of benzene rings is 1. The van der Waals surface area contributed by atoms with E-state index >= 15 is 0 Å². The maximum absolute atomic E-state index is 9.56. The Kier molecular flexibility index (Phi) is 3.27. The van der Waals surface area contributed by atoms with Gasteiger partial charge in [-0.2, -0.15) is 0 Å². The van der Waals surface area contributed by atoms with Gasteiger partial charge in [0, 0.05) is 12.1 Å². The third-order valence-electron chi connectivity index (χ3n) is 2.56. The molecule has 1 aromatic carbocycles. The minimum Gasteiger partial charge on any atom is -0.508 e. The van der Waals surface area contributed by atoms with Crippen LogP contribution in [0.1, 0.15) is 16.9 Å². The average Bonchev–Trinajstić information content (AvgIpc) is 2.67. The van der Waals surface area contributed by atoms with E-state index in [4.69, 9.17) is 4.42 Å². The zero-order valence-corrected chi connectivity index (χ0v) is 9.23. The van der Waals surface area contributed by atoms with Crippen LogP contribution in [0.5, 0.6) is 5.75 Å². The lowest BCUT2D eigenvalue weighted by molar-refractivity contribution is 0.455. The summed E-state index contributed by atoms with van der Waals surface area (Å²) in [5, 5.41) is 12.8. The van der Waals surface area contributed by atoms with Crippen LogP contribution in [-0.4, -0.2) is 5.11 Å². The van der Waals surface area contributed by atoms with Crippen LogP contribution in [0.15, 0.2) is 41.0 Å². The molecule has 2 aromatic rings. The number of hydrogen-bond acceptors (Lipinski definition) is 3. The monoisotopic (exact) mass is 217 g/mol. The summed E-state index contributed by atoms with van der Waals surface area (Å²) in [6, 6.07) is 9.26. The van der Waals surface area contributed by atoms with E-state index in [2.05, 4.69) is 5.32 Å². The van der Waals surface area contributed by atoms with Crippen LogP contribution in [0.3, 0.4) is 0 Å². The highest BCUT2D eigenvalue weighted by atomic mass is 16.3. The Balaban J connectivity index is 1.89. The van der Waals surface area contributed by atoms with Crippen LogP contribution in [0.2, 0.25) is 0 Å². The quantitative estimate of drug-likeness (QED) is 0.827. The molecule has 0 spiro atoms. The van der Waals surface area contributed by atoms with Crippen molar-refractivity contribution in [3.63, 3.8) is 0 Å². The predicted octanol–water partition coefficient (Wildman–Crippen LogP) is 2.58. The maximum atomic E-state index is 9.56. The molecule has 0 bridgehead atoms. The predicted molar refractivity (Wildman–Crippen MR) is 62.1 cm³/mol. The number of aromatic hydroxyl groups is 1. The summed E-state index contributed by atoms with van der Waals surface area (Å²) in [5.41, 5.74) is 2.04. The highest BCUT2D eigenvalue weighted by molar-refractivity contribution is 5.31. The number of aryl methyl sites for hydroxylation is 1. The van der Waals surface area contributed by atoms with Crippen molar-refractivity contribution in [3.8, 4) is 5.75 Å². The zero-order valence-electron chi connectivity index (χ0n) is 9.23. The molecule has 0 unspecified atom stereocenters. The molecule has 0 atom stereocenters. The summed E-state index contributed by atoms with van der Waals surface area (Å²) in [6.07, 6.45) is 1.69. The van der Waals surface area contributed by atoms with Crippen LogP contribution < -0.4 is 5.32 Å². The molecular formula is C13H15NO2. The second-order valence-electron chi connectivity index (χ2n) is 3.76. The number of hydrogen-bond donors (Lipinski definition) is 2. The summed E-state index contributed by atoms with van der Waals surface area (Å²) in [5.74, 6) is 1.27. The van der Waals surface area contributed by atoms with Gasteiger partial charge in [0.15, 0.2) is 0 Å². The normalized spacial score (nSPS) is 10.6. The molecule has 0 amide bonds. The molecular weight excluding hydrogens is 202 g/mol. The lowest BCUT2D eigenvalue weighted by Crippen LogP contribution is -2.12. The highest BCUT2D eigenvalue weighted by Gasteiger charge is 2.02. The fourth-order valence-corrected chi connectivity index (χ4v) is 1.56. The molecule has 84 valence electrons. The minimum absolute atomic E-state index is 0.325. The Bertz CT molecular complexity index is 462. The molecule has 0 aliphatic rings. The van der Waals surface area contributed by atoms with Gasteiger partial charge < -0.3 is 14.8 Å². The van der Waals surface area contributed by atoms with Crippen molar-refractivity contribution in [2.24, 2.45) is 0 Å². The van der Waals surface area contributed by atoms with E-state index < -0.39 is 0 Å². The third-order valence-corrected chi connectivity index (χ3v) is 2.56. The number of phenolic OH excluding ortho intramolecular Hbond substituents is 1. The van der Waals surface area contributed by atoms with E-state index in [1.165, 1.54) is 0 Å². The lowest BCUT2D eigenvalue weighted by Gasteiger charge is -2.05. The molecule has 1 heterocycles. The molecule has 0 saturated heterocycles. The molecule has 2 rings (SSSR count). The minimum atomic E-state index is 0.325. The molecule has 1 aromatic heterocycles. The van der Waals surface area contributed by atoms with Crippen LogP contribution >= 0.6 is 0 Å². The van der Waals surface area contributed by atoms with Crippen molar-refractivity contribution in [1.82, 2.24) is 5.32 Å². The van der Waals surface area contributed by atoms with E-state index in [1.807, 2.05) is 31.2 Å². The number of phenols is 1. The van der Waals surface area contributed by atoms with Crippen molar-refractivity contribution < 1.29 is 9.52 Å². The lowest BCUT2D eigenvalue weighted by atomic mass is 10.2. The Morgan fingerprint density at radius 1 is 1.19 bits per heavy atom. The molecule has 0 aliphatic carbocycles. The largest absolute Gasteiger partial charge is 0.508 e. The second-order valence-corrected chi connectivity index (χ2v) is 3.76. The fourth-order valence-electron chi connectivity index (χ4n) is 1.56. The van der Waals surface area contributed by atoms with Crippen LogP contribution in [0.25, 0.3) is 0 Å². The molecule has 16 heavy (non-hydrogen) atoms. The first-order chi connectivity index (χ1) is 7.77. The number of nitrogens with one attached hydrogen (secondary N) is 1. The molecule has 2 N–H and O–H groups in total. The van der Waals surface area contributed by atoms with Gasteiger partial charge in [-0.05, 0) is 24.6 Å². The Morgan fingerprint density at radius 2 is 2.00 bits per heavy atom. The summed E-state index contributed by atoms with van der Waals surface area (Å²) >= 11 is 0. The van der Waals surface area contributed by atoms with Crippen molar-refractivity contribution in [2.45, 2.75) is 20.0 Å². The first-order valence-corrected chi connectivity index (χ1v) is 5.28. The van der Waals surface area contributed by atoms with Crippen molar-refractivity contribution in [1.29, 1.82) is 0 Å². The summed E-state index contributed by atoms with van der Waals surface area (Å²) in [7, 11) is 0. The number of para-hydroxylation sites is 1. The van der Waals surface area contributed by atoms with Gasteiger partial charge in [-0.25, -0.2) is 0 Å². The van der Waals surface area contributed by atoms with E-state index in [9.17, 15) is 5.11 Å². The number of furan rings is 1. The Hall–Kier alpha value is -1.74. The zero-order chi connectivity index (χ0) is 11.4. The molecule has 3 heteroatoms.